The van der Waals surface area contributed by atoms with Gasteiger partial charge in [0.15, 0.2) is 0 Å². The third-order valence-electron chi connectivity index (χ3n) is 3.68. The summed E-state index contributed by atoms with van der Waals surface area (Å²) in [6.45, 7) is 6.66. The van der Waals surface area contributed by atoms with E-state index < -0.39 is 0 Å². The standard InChI is InChI=1S/C13H19N3O2/c1-8-7-16(6-5-11(8)17)13(18)12-9(2)14-15(4)10(12)3/h8H,5-7H2,1-4H3. The molecule has 1 aliphatic rings. The van der Waals surface area contributed by atoms with Gasteiger partial charge in [0.25, 0.3) is 5.91 Å². The lowest BCUT2D eigenvalue weighted by atomic mass is 9.97. The van der Waals surface area contributed by atoms with Crippen molar-refractivity contribution in [2.24, 2.45) is 13.0 Å². The maximum absolute atomic E-state index is 12.5. The first-order valence-electron chi connectivity index (χ1n) is 6.24. The van der Waals surface area contributed by atoms with E-state index in [-0.39, 0.29) is 17.6 Å². The van der Waals surface area contributed by atoms with Crippen LogP contribution in [0.15, 0.2) is 0 Å². The molecule has 0 radical (unpaired) electrons. The molecule has 5 nitrogen and oxygen atoms in total. The minimum atomic E-state index is -0.0556. The zero-order chi connectivity index (χ0) is 13.4. The van der Waals surface area contributed by atoms with Crippen LogP contribution in [0.1, 0.15) is 35.1 Å². The number of aryl methyl sites for hydroxylation is 2. The first-order chi connectivity index (χ1) is 8.41. The van der Waals surface area contributed by atoms with Crippen LogP contribution in [0.5, 0.6) is 0 Å². The fourth-order valence-electron chi connectivity index (χ4n) is 2.44. The summed E-state index contributed by atoms with van der Waals surface area (Å²) in [6.07, 6.45) is 0.464. The summed E-state index contributed by atoms with van der Waals surface area (Å²) in [4.78, 5) is 25.7. The minimum Gasteiger partial charge on any atom is -0.337 e. The number of rotatable bonds is 1. The monoisotopic (exact) mass is 249 g/mol. The Morgan fingerprint density at radius 1 is 1.39 bits per heavy atom. The van der Waals surface area contributed by atoms with Gasteiger partial charge in [-0.25, -0.2) is 0 Å². The molecule has 0 spiro atoms. The zero-order valence-corrected chi connectivity index (χ0v) is 11.4. The summed E-state index contributed by atoms with van der Waals surface area (Å²) in [5.74, 6) is 0.191. The molecule has 1 saturated heterocycles. The Balaban J connectivity index is 2.24. The van der Waals surface area contributed by atoms with Crippen LogP contribution < -0.4 is 0 Å². The highest BCUT2D eigenvalue weighted by Crippen LogP contribution is 2.19. The van der Waals surface area contributed by atoms with Crippen molar-refractivity contribution in [3.8, 4) is 0 Å². The predicted molar refractivity (Wildman–Crippen MR) is 67.4 cm³/mol. The highest BCUT2D eigenvalue weighted by Gasteiger charge is 2.29. The van der Waals surface area contributed by atoms with Crippen LogP contribution in [-0.4, -0.2) is 39.5 Å². The van der Waals surface area contributed by atoms with Gasteiger partial charge in [0.05, 0.1) is 11.3 Å². The fourth-order valence-corrected chi connectivity index (χ4v) is 2.44. The van der Waals surface area contributed by atoms with E-state index in [1.54, 1.807) is 9.58 Å². The molecule has 1 fully saturated rings. The van der Waals surface area contributed by atoms with Gasteiger partial charge in [-0.05, 0) is 13.8 Å². The van der Waals surface area contributed by atoms with Crippen molar-refractivity contribution < 1.29 is 9.59 Å². The molecule has 1 atom stereocenters. The average Bonchev–Trinajstić information content (AvgIpc) is 2.56. The van der Waals surface area contributed by atoms with Gasteiger partial charge in [-0.3, -0.25) is 14.3 Å². The molecule has 2 heterocycles. The first-order valence-corrected chi connectivity index (χ1v) is 6.24. The molecular formula is C13H19N3O2. The molecule has 5 heteroatoms. The van der Waals surface area contributed by atoms with Crippen LogP contribution in [0.4, 0.5) is 0 Å². The highest BCUT2D eigenvalue weighted by atomic mass is 16.2. The Kier molecular flexibility index (Phi) is 3.24. The maximum Gasteiger partial charge on any atom is 0.257 e. The largest absolute Gasteiger partial charge is 0.337 e. The second-order valence-electron chi connectivity index (χ2n) is 5.04. The summed E-state index contributed by atoms with van der Waals surface area (Å²) in [5, 5.41) is 4.26. The SMILES string of the molecule is Cc1nn(C)c(C)c1C(=O)N1CCC(=O)C(C)C1. The molecule has 1 aromatic rings. The van der Waals surface area contributed by atoms with E-state index in [4.69, 9.17) is 0 Å². The summed E-state index contributed by atoms with van der Waals surface area (Å²) in [7, 11) is 1.83. The van der Waals surface area contributed by atoms with Gasteiger partial charge >= 0.3 is 0 Å². The van der Waals surface area contributed by atoms with Crippen LogP contribution in [0.2, 0.25) is 0 Å². The third kappa shape index (κ3) is 2.05. The maximum atomic E-state index is 12.5. The van der Waals surface area contributed by atoms with Crippen LogP contribution in [0.25, 0.3) is 0 Å². The third-order valence-corrected chi connectivity index (χ3v) is 3.68. The first kappa shape index (κ1) is 12.8. The Bertz CT molecular complexity index is 505. The molecule has 98 valence electrons. The van der Waals surface area contributed by atoms with Crippen molar-refractivity contribution in [1.82, 2.24) is 14.7 Å². The number of nitrogens with zero attached hydrogens (tertiary/aromatic N) is 3. The van der Waals surface area contributed by atoms with Crippen molar-refractivity contribution in [3.63, 3.8) is 0 Å². The molecule has 1 aliphatic heterocycles. The quantitative estimate of drug-likeness (QED) is 0.748. The van der Waals surface area contributed by atoms with Gasteiger partial charge in [-0.15, -0.1) is 0 Å². The number of likely N-dealkylation sites (tertiary alicyclic amines) is 1. The molecule has 0 aromatic carbocycles. The molecule has 0 saturated carbocycles. The topological polar surface area (TPSA) is 55.2 Å². The van der Waals surface area contributed by atoms with Gasteiger partial charge in [0.2, 0.25) is 0 Å². The Morgan fingerprint density at radius 3 is 2.56 bits per heavy atom. The molecule has 1 unspecified atom stereocenters. The molecule has 1 amide bonds. The summed E-state index contributed by atoms with van der Waals surface area (Å²) >= 11 is 0. The lowest BCUT2D eigenvalue weighted by Gasteiger charge is -2.30. The number of amides is 1. The Hall–Kier alpha value is -1.65. The van der Waals surface area contributed by atoms with E-state index in [1.165, 1.54) is 0 Å². The Morgan fingerprint density at radius 2 is 2.06 bits per heavy atom. The van der Waals surface area contributed by atoms with Gasteiger partial charge in [0, 0.05) is 38.2 Å². The fraction of sp³-hybridized carbons (Fsp3) is 0.615. The van der Waals surface area contributed by atoms with Crippen LogP contribution >= 0.6 is 0 Å². The molecule has 0 N–H and O–H groups in total. The summed E-state index contributed by atoms with van der Waals surface area (Å²) in [5.41, 5.74) is 2.31. The molecule has 0 aliphatic carbocycles. The lowest BCUT2D eigenvalue weighted by molar-refractivity contribution is -0.124. The van der Waals surface area contributed by atoms with E-state index in [0.29, 0.717) is 25.1 Å². The van der Waals surface area contributed by atoms with E-state index in [0.717, 1.165) is 11.4 Å². The van der Waals surface area contributed by atoms with E-state index in [1.807, 2.05) is 27.8 Å². The Labute approximate surface area is 107 Å². The molecule has 2 rings (SSSR count). The molecule has 0 bridgehead atoms. The van der Waals surface area contributed by atoms with Crippen LogP contribution in [0.3, 0.4) is 0 Å². The number of hydrogen-bond acceptors (Lipinski definition) is 3. The normalized spacial score (nSPS) is 20.3. The van der Waals surface area contributed by atoms with Crippen molar-refractivity contribution >= 4 is 11.7 Å². The second-order valence-corrected chi connectivity index (χ2v) is 5.04. The smallest absolute Gasteiger partial charge is 0.257 e. The number of hydrogen-bond donors (Lipinski definition) is 0. The van der Waals surface area contributed by atoms with Gasteiger partial charge in [0.1, 0.15) is 5.78 Å². The number of carbonyl (C=O) groups is 2. The number of aromatic nitrogens is 2. The van der Waals surface area contributed by atoms with Crippen molar-refractivity contribution in [2.45, 2.75) is 27.2 Å². The lowest BCUT2D eigenvalue weighted by Crippen LogP contribution is -2.43. The van der Waals surface area contributed by atoms with Crippen LogP contribution in [-0.2, 0) is 11.8 Å². The van der Waals surface area contributed by atoms with Crippen molar-refractivity contribution in [2.75, 3.05) is 13.1 Å². The average molecular weight is 249 g/mol. The van der Waals surface area contributed by atoms with Gasteiger partial charge in [-0.1, -0.05) is 6.92 Å². The van der Waals surface area contributed by atoms with Gasteiger partial charge in [-0.2, -0.15) is 5.10 Å². The van der Waals surface area contributed by atoms with Crippen molar-refractivity contribution in [1.29, 1.82) is 0 Å². The summed E-state index contributed by atoms with van der Waals surface area (Å²) < 4.78 is 1.72. The molecule has 18 heavy (non-hydrogen) atoms. The molecule has 1 aromatic heterocycles. The highest BCUT2D eigenvalue weighted by molar-refractivity contribution is 5.97. The number of ketones is 1. The van der Waals surface area contributed by atoms with Crippen LogP contribution in [0, 0.1) is 19.8 Å². The second kappa shape index (κ2) is 4.55. The number of piperidine rings is 1. The minimum absolute atomic E-state index is 0.00236. The predicted octanol–water partition coefficient (Wildman–Crippen LogP) is 1.09. The zero-order valence-electron chi connectivity index (χ0n) is 11.4. The van der Waals surface area contributed by atoms with E-state index in [2.05, 4.69) is 5.10 Å². The molecular weight excluding hydrogens is 230 g/mol. The number of Topliss-reactive ketones (excluding diaryl/α,β-unsaturated/α-hetero) is 1. The van der Waals surface area contributed by atoms with Crippen molar-refractivity contribution in [3.05, 3.63) is 17.0 Å². The number of carbonyl (C=O) groups excluding carboxylic acids is 2. The van der Waals surface area contributed by atoms with E-state index in [9.17, 15) is 9.59 Å². The van der Waals surface area contributed by atoms with Gasteiger partial charge < -0.3 is 4.90 Å². The van der Waals surface area contributed by atoms with E-state index >= 15 is 0 Å². The summed E-state index contributed by atoms with van der Waals surface area (Å²) in [6, 6.07) is 0.